The molecule has 108 valence electrons. The number of hydrogen-bond acceptors (Lipinski definition) is 2. The molecular weight excluding hydrogens is 368 g/mol. The fourth-order valence-corrected chi connectivity index (χ4v) is 4.12. The molecular formula is C17H14BrClOS. The second kappa shape index (κ2) is 5.99. The highest BCUT2D eigenvalue weighted by Crippen LogP contribution is 2.42. The highest BCUT2D eigenvalue weighted by molar-refractivity contribution is 9.10. The summed E-state index contributed by atoms with van der Waals surface area (Å²) >= 11 is 12.0. The van der Waals surface area contributed by atoms with E-state index in [1.807, 2.05) is 19.1 Å². The first-order chi connectivity index (χ1) is 10.1. The number of ether oxygens (including phenoxy) is 1. The number of fused-ring (bicyclic) bond motifs is 1. The van der Waals surface area contributed by atoms with Gasteiger partial charge in [0.2, 0.25) is 0 Å². The van der Waals surface area contributed by atoms with Crippen LogP contribution in [0, 0.1) is 6.92 Å². The third kappa shape index (κ3) is 2.83. The van der Waals surface area contributed by atoms with Gasteiger partial charge in [-0.2, -0.15) is 0 Å². The summed E-state index contributed by atoms with van der Waals surface area (Å²) in [5, 5.41) is 1.02. The summed E-state index contributed by atoms with van der Waals surface area (Å²) < 4.78 is 7.80. The molecule has 0 radical (unpaired) electrons. The predicted molar refractivity (Wildman–Crippen MR) is 95.0 cm³/mol. The summed E-state index contributed by atoms with van der Waals surface area (Å²) in [6.45, 7) is 2.04. The SMILES string of the molecule is COc1cc(C)c(Br)cc1C(Cl)c1cc2ccccc2s1. The lowest BCUT2D eigenvalue weighted by atomic mass is 10.1. The summed E-state index contributed by atoms with van der Waals surface area (Å²) in [6.07, 6.45) is 0. The summed E-state index contributed by atoms with van der Waals surface area (Å²) in [7, 11) is 1.68. The summed E-state index contributed by atoms with van der Waals surface area (Å²) in [5.41, 5.74) is 2.12. The number of hydrogen-bond donors (Lipinski definition) is 0. The molecule has 1 nitrogen and oxygen atoms in total. The van der Waals surface area contributed by atoms with Gasteiger partial charge in [0.05, 0.1) is 12.5 Å². The monoisotopic (exact) mass is 380 g/mol. The van der Waals surface area contributed by atoms with E-state index in [2.05, 4.69) is 46.3 Å². The van der Waals surface area contributed by atoms with Crippen molar-refractivity contribution in [2.45, 2.75) is 12.3 Å². The molecule has 3 aromatic rings. The topological polar surface area (TPSA) is 9.23 Å². The van der Waals surface area contributed by atoms with E-state index in [1.165, 1.54) is 10.1 Å². The van der Waals surface area contributed by atoms with E-state index in [1.54, 1.807) is 18.4 Å². The van der Waals surface area contributed by atoms with Gasteiger partial charge in [0, 0.05) is 19.6 Å². The fourth-order valence-electron chi connectivity index (χ4n) is 2.33. The van der Waals surface area contributed by atoms with Crippen molar-refractivity contribution in [1.29, 1.82) is 0 Å². The Balaban J connectivity index is 2.09. The lowest BCUT2D eigenvalue weighted by Gasteiger charge is -2.14. The molecule has 0 spiro atoms. The molecule has 1 aromatic heterocycles. The summed E-state index contributed by atoms with van der Waals surface area (Å²) in [6, 6.07) is 14.6. The molecule has 1 atom stereocenters. The average Bonchev–Trinajstić information content (AvgIpc) is 2.92. The fraction of sp³-hybridized carbons (Fsp3) is 0.176. The number of rotatable bonds is 3. The van der Waals surface area contributed by atoms with Crippen LogP contribution in [0.5, 0.6) is 5.75 Å². The van der Waals surface area contributed by atoms with Crippen LogP contribution in [-0.2, 0) is 0 Å². The minimum absolute atomic E-state index is 0.214. The summed E-state index contributed by atoms with van der Waals surface area (Å²) in [4.78, 5) is 1.13. The second-order valence-corrected chi connectivity index (χ2v) is 7.30. The second-order valence-electron chi connectivity index (χ2n) is 4.89. The zero-order valence-corrected chi connectivity index (χ0v) is 14.8. The molecule has 0 amide bonds. The van der Waals surface area contributed by atoms with Crippen LogP contribution in [0.4, 0.5) is 0 Å². The van der Waals surface area contributed by atoms with E-state index in [9.17, 15) is 0 Å². The number of aryl methyl sites for hydroxylation is 1. The minimum Gasteiger partial charge on any atom is -0.496 e. The molecule has 0 fully saturated rings. The van der Waals surface area contributed by atoms with Crippen molar-refractivity contribution in [3.63, 3.8) is 0 Å². The first-order valence-corrected chi connectivity index (χ1v) is 8.61. The zero-order valence-electron chi connectivity index (χ0n) is 11.7. The van der Waals surface area contributed by atoms with Crippen LogP contribution in [0.1, 0.15) is 21.4 Å². The van der Waals surface area contributed by atoms with Gasteiger partial charge in [0.15, 0.2) is 0 Å². The Morgan fingerprint density at radius 3 is 2.67 bits per heavy atom. The highest BCUT2D eigenvalue weighted by atomic mass is 79.9. The third-order valence-electron chi connectivity index (χ3n) is 3.48. The molecule has 4 heteroatoms. The molecule has 21 heavy (non-hydrogen) atoms. The van der Waals surface area contributed by atoms with Gasteiger partial charge in [-0.1, -0.05) is 34.1 Å². The van der Waals surface area contributed by atoms with Crippen molar-refractivity contribution in [3.05, 3.63) is 62.9 Å². The highest BCUT2D eigenvalue weighted by Gasteiger charge is 2.19. The molecule has 0 aliphatic heterocycles. The molecule has 1 heterocycles. The van der Waals surface area contributed by atoms with Gasteiger partial charge in [0.1, 0.15) is 5.75 Å². The third-order valence-corrected chi connectivity index (χ3v) is 6.11. The molecule has 0 saturated carbocycles. The van der Waals surface area contributed by atoms with Gasteiger partial charge in [-0.25, -0.2) is 0 Å². The molecule has 0 aliphatic carbocycles. The van der Waals surface area contributed by atoms with Gasteiger partial charge >= 0.3 is 0 Å². The van der Waals surface area contributed by atoms with E-state index >= 15 is 0 Å². The molecule has 0 saturated heterocycles. The Bertz CT molecular complexity index is 764. The Hall–Kier alpha value is -1.03. The number of thiophene rings is 1. The molecule has 3 rings (SSSR count). The van der Waals surface area contributed by atoms with Crippen molar-refractivity contribution in [2.75, 3.05) is 7.11 Å². The molecule has 2 aromatic carbocycles. The van der Waals surface area contributed by atoms with Crippen LogP contribution in [0.2, 0.25) is 0 Å². The zero-order chi connectivity index (χ0) is 15.0. The summed E-state index contributed by atoms with van der Waals surface area (Å²) in [5.74, 6) is 0.827. The van der Waals surface area contributed by atoms with Gasteiger partial charge in [-0.3, -0.25) is 0 Å². The Kier molecular flexibility index (Phi) is 4.25. The largest absolute Gasteiger partial charge is 0.496 e. The van der Waals surface area contributed by atoms with Crippen molar-refractivity contribution >= 4 is 49.0 Å². The molecule has 0 N–H and O–H groups in total. The van der Waals surface area contributed by atoms with Gasteiger partial charge < -0.3 is 4.74 Å². The Morgan fingerprint density at radius 1 is 1.19 bits per heavy atom. The molecule has 1 unspecified atom stereocenters. The Morgan fingerprint density at radius 2 is 1.95 bits per heavy atom. The van der Waals surface area contributed by atoms with E-state index < -0.39 is 0 Å². The minimum atomic E-state index is -0.214. The van der Waals surface area contributed by atoms with Crippen LogP contribution in [0.25, 0.3) is 10.1 Å². The van der Waals surface area contributed by atoms with Crippen molar-refractivity contribution in [2.24, 2.45) is 0 Å². The van der Waals surface area contributed by atoms with E-state index in [0.29, 0.717) is 0 Å². The first-order valence-electron chi connectivity index (χ1n) is 6.56. The van der Waals surface area contributed by atoms with Crippen LogP contribution >= 0.6 is 38.9 Å². The number of alkyl halides is 1. The number of methoxy groups -OCH3 is 1. The maximum Gasteiger partial charge on any atom is 0.124 e. The van der Waals surface area contributed by atoms with Crippen LogP contribution in [-0.4, -0.2) is 7.11 Å². The lowest BCUT2D eigenvalue weighted by molar-refractivity contribution is 0.410. The van der Waals surface area contributed by atoms with Gasteiger partial charge in [-0.15, -0.1) is 22.9 Å². The molecule has 0 bridgehead atoms. The number of benzene rings is 2. The predicted octanol–water partition coefficient (Wildman–Crippen LogP) is 6.31. The van der Waals surface area contributed by atoms with Crippen LogP contribution < -0.4 is 4.74 Å². The maximum atomic E-state index is 6.72. The van der Waals surface area contributed by atoms with E-state index in [0.717, 1.165) is 26.2 Å². The van der Waals surface area contributed by atoms with Crippen molar-refractivity contribution in [1.82, 2.24) is 0 Å². The van der Waals surface area contributed by atoms with Crippen molar-refractivity contribution in [3.8, 4) is 5.75 Å². The van der Waals surface area contributed by atoms with Gasteiger partial charge in [0.25, 0.3) is 0 Å². The normalized spacial score (nSPS) is 12.6. The van der Waals surface area contributed by atoms with E-state index in [-0.39, 0.29) is 5.38 Å². The van der Waals surface area contributed by atoms with E-state index in [4.69, 9.17) is 16.3 Å². The van der Waals surface area contributed by atoms with Crippen LogP contribution in [0.15, 0.2) is 46.9 Å². The molecule has 0 aliphatic rings. The maximum absolute atomic E-state index is 6.72. The van der Waals surface area contributed by atoms with Crippen molar-refractivity contribution < 1.29 is 4.74 Å². The lowest BCUT2D eigenvalue weighted by Crippen LogP contribution is -1.97. The Labute approximate surface area is 141 Å². The number of halogens is 2. The first kappa shape index (κ1) is 14.9. The quantitative estimate of drug-likeness (QED) is 0.483. The average molecular weight is 382 g/mol. The standard InChI is InChI=1S/C17H14BrClOS/c1-10-7-14(20-2)12(9-13(10)18)17(19)16-8-11-5-3-4-6-15(11)21-16/h3-9,17H,1-2H3. The van der Waals surface area contributed by atoms with Crippen LogP contribution in [0.3, 0.4) is 0 Å². The smallest absolute Gasteiger partial charge is 0.124 e. The van der Waals surface area contributed by atoms with Gasteiger partial charge in [-0.05, 0) is 42.1 Å².